The number of likely N-dealkylation sites (tertiary alicyclic amines) is 1. The van der Waals surface area contributed by atoms with Crippen molar-refractivity contribution in [3.63, 3.8) is 0 Å². The SMILES string of the molecule is CC[C@@H]1CCCCN1C(=O)C[C@@H](C)c1ccccc1. The van der Waals surface area contributed by atoms with Crippen LogP contribution < -0.4 is 0 Å². The monoisotopic (exact) mass is 259 g/mol. The smallest absolute Gasteiger partial charge is 0.223 e. The molecule has 104 valence electrons. The van der Waals surface area contributed by atoms with Crippen molar-refractivity contribution in [2.45, 2.75) is 57.9 Å². The van der Waals surface area contributed by atoms with Gasteiger partial charge >= 0.3 is 0 Å². The van der Waals surface area contributed by atoms with Crippen molar-refractivity contribution in [2.24, 2.45) is 0 Å². The molecule has 19 heavy (non-hydrogen) atoms. The topological polar surface area (TPSA) is 20.3 Å². The molecule has 2 nitrogen and oxygen atoms in total. The number of benzene rings is 1. The fourth-order valence-electron chi connectivity index (χ4n) is 3.03. The average molecular weight is 259 g/mol. The molecule has 1 aliphatic rings. The summed E-state index contributed by atoms with van der Waals surface area (Å²) in [5.74, 6) is 0.649. The van der Waals surface area contributed by atoms with Crippen molar-refractivity contribution >= 4 is 5.91 Å². The molecule has 1 aliphatic heterocycles. The van der Waals surface area contributed by atoms with Crippen molar-refractivity contribution in [3.8, 4) is 0 Å². The van der Waals surface area contributed by atoms with Gasteiger partial charge in [-0.25, -0.2) is 0 Å². The Hall–Kier alpha value is -1.31. The predicted octanol–water partition coefficient (Wildman–Crippen LogP) is 3.97. The highest BCUT2D eigenvalue weighted by Crippen LogP contribution is 2.24. The number of nitrogens with zero attached hydrogens (tertiary/aromatic N) is 1. The molecule has 2 atom stereocenters. The van der Waals surface area contributed by atoms with E-state index in [0.29, 0.717) is 24.3 Å². The van der Waals surface area contributed by atoms with Gasteiger partial charge in [-0.2, -0.15) is 0 Å². The summed E-state index contributed by atoms with van der Waals surface area (Å²) in [6.45, 7) is 5.30. The van der Waals surface area contributed by atoms with Crippen LogP contribution >= 0.6 is 0 Å². The van der Waals surface area contributed by atoms with Gasteiger partial charge in [-0.3, -0.25) is 4.79 Å². The van der Waals surface area contributed by atoms with E-state index in [1.165, 1.54) is 24.8 Å². The normalized spacial score (nSPS) is 21.2. The fraction of sp³-hybridized carbons (Fsp3) is 0.588. The molecule has 2 heteroatoms. The van der Waals surface area contributed by atoms with Crippen LogP contribution in [0.1, 0.15) is 57.4 Å². The maximum absolute atomic E-state index is 12.5. The lowest BCUT2D eigenvalue weighted by Gasteiger charge is -2.36. The molecule has 2 rings (SSSR count). The number of carbonyl (C=O) groups is 1. The third-order valence-corrected chi connectivity index (χ3v) is 4.27. The first-order valence-corrected chi connectivity index (χ1v) is 7.56. The molecule has 0 bridgehead atoms. The van der Waals surface area contributed by atoms with Crippen molar-refractivity contribution in [1.29, 1.82) is 0 Å². The first-order valence-electron chi connectivity index (χ1n) is 7.56. The molecule has 1 saturated heterocycles. The number of piperidine rings is 1. The number of rotatable bonds is 4. The molecule has 0 saturated carbocycles. The Morgan fingerprint density at radius 1 is 1.32 bits per heavy atom. The highest BCUT2D eigenvalue weighted by Gasteiger charge is 2.26. The molecular weight excluding hydrogens is 234 g/mol. The molecule has 0 aromatic heterocycles. The third-order valence-electron chi connectivity index (χ3n) is 4.27. The van der Waals surface area contributed by atoms with Crippen LogP contribution in [0.15, 0.2) is 30.3 Å². The Balaban J connectivity index is 1.96. The van der Waals surface area contributed by atoms with E-state index in [1.807, 2.05) is 18.2 Å². The summed E-state index contributed by atoms with van der Waals surface area (Å²) in [6.07, 6.45) is 5.35. The first-order chi connectivity index (χ1) is 9.22. The van der Waals surface area contributed by atoms with E-state index in [4.69, 9.17) is 0 Å². The summed E-state index contributed by atoms with van der Waals surface area (Å²) in [5.41, 5.74) is 1.26. The largest absolute Gasteiger partial charge is 0.340 e. The second-order valence-electron chi connectivity index (χ2n) is 5.66. The zero-order valence-electron chi connectivity index (χ0n) is 12.1. The minimum Gasteiger partial charge on any atom is -0.340 e. The number of hydrogen-bond acceptors (Lipinski definition) is 1. The summed E-state index contributed by atoms with van der Waals surface area (Å²) in [7, 11) is 0. The van der Waals surface area contributed by atoms with E-state index in [1.54, 1.807) is 0 Å². The van der Waals surface area contributed by atoms with E-state index in [-0.39, 0.29) is 0 Å². The van der Waals surface area contributed by atoms with Gasteiger partial charge in [0.25, 0.3) is 0 Å². The number of amides is 1. The zero-order chi connectivity index (χ0) is 13.7. The highest BCUT2D eigenvalue weighted by atomic mass is 16.2. The minimum absolute atomic E-state index is 0.313. The quantitative estimate of drug-likeness (QED) is 0.801. The highest BCUT2D eigenvalue weighted by molar-refractivity contribution is 5.77. The average Bonchev–Trinajstić information content (AvgIpc) is 2.48. The Bertz CT molecular complexity index is 401. The Kier molecular flexibility index (Phi) is 5.00. The molecule has 0 spiro atoms. The molecule has 1 aromatic carbocycles. The van der Waals surface area contributed by atoms with Crippen LogP contribution in [0.25, 0.3) is 0 Å². The summed E-state index contributed by atoms with van der Waals surface area (Å²) >= 11 is 0. The van der Waals surface area contributed by atoms with Crippen LogP contribution in [0.2, 0.25) is 0 Å². The second-order valence-corrected chi connectivity index (χ2v) is 5.66. The lowest BCUT2D eigenvalue weighted by atomic mass is 9.94. The molecule has 1 amide bonds. The zero-order valence-corrected chi connectivity index (χ0v) is 12.1. The van der Waals surface area contributed by atoms with Gasteiger partial charge in [0.1, 0.15) is 0 Å². The first kappa shape index (κ1) is 14.1. The number of carbonyl (C=O) groups excluding carboxylic acids is 1. The molecule has 0 aliphatic carbocycles. The Labute approximate surface area is 116 Å². The Morgan fingerprint density at radius 3 is 2.74 bits per heavy atom. The van der Waals surface area contributed by atoms with Gasteiger partial charge in [0, 0.05) is 19.0 Å². The van der Waals surface area contributed by atoms with Crippen molar-refractivity contribution in [2.75, 3.05) is 6.54 Å². The van der Waals surface area contributed by atoms with Crippen molar-refractivity contribution in [3.05, 3.63) is 35.9 Å². The van der Waals surface area contributed by atoms with Gasteiger partial charge in [0.2, 0.25) is 5.91 Å². The van der Waals surface area contributed by atoms with Gasteiger partial charge in [-0.1, -0.05) is 44.2 Å². The van der Waals surface area contributed by atoms with Crippen LogP contribution in [-0.2, 0) is 4.79 Å². The van der Waals surface area contributed by atoms with E-state index in [2.05, 4.69) is 30.9 Å². The van der Waals surface area contributed by atoms with E-state index in [0.717, 1.165) is 13.0 Å². The minimum atomic E-state index is 0.313. The van der Waals surface area contributed by atoms with E-state index in [9.17, 15) is 4.79 Å². The molecule has 1 fully saturated rings. The molecular formula is C17H25NO. The number of hydrogen-bond donors (Lipinski definition) is 0. The maximum Gasteiger partial charge on any atom is 0.223 e. The van der Waals surface area contributed by atoms with Crippen LogP contribution in [0.5, 0.6) is 0 Å². The maximum atomic E-state index is 12.5. The second kappa shape index (κ2) is 6.74. The molecule has 0 radical (unpaired) electrons. The van der Waals surface area contributed by atoms with E-state index < -0.39 is 0 Å². The van der Waals surface area contributed by atoms with Gasteiger partial charge in [-0.15, -0.1) is 0 Å². The van der Waals surface area contributed by atoms with E-state index >= 15 is 0 Å². The lowest BCUT2D eigenvalue weighted by Crippen LogP contribution is -2.43. The molecule has 0 unspecified atom stereocenters. The Morgan fingerprint density at radius 2 is 2.05 bits per heavy atom. The van der Waals surface area contributed by atoms with Crippen LogP contribution in [0, 0.1) is 0 Å². The standard InChI is InChI=1S/C17H25NO/c1-3-16-11-7-8-12-18(16)17(19)13-14(2)15-9-5-4-6-10-15/h4-6,9-10,14,16H,3,7-8,11-13H2,1-2H3/t14-,16-/m1/s1. The van der Waals surface area contributed by atoms with Gasteiger partial charge < -0.3 is 4.90 Å². The molecule has 0 N–H and O–H groups in total. The van der Waals surface area contributed by atoms with Crippen LogP contribution in [-0.4, -0.2) is 23.4 Å². The summed E-state index contributed by atoms with van der Waals surface area (Å²) in [4.78, 5) is 14.6. The molecule has 1 heterocycles. The summed E-state index contributed by atoms with van der Waals surface area (Å²) < 4.78 is 0. The fourth-order valence-corrected chi connectivity index (χ4v) is 3.03. The van der Waals surface area contributed by atoms with Crippen molar-refractivity contribution in [1.82, 2.24) is 4.90 Å². The van der Waals surface area contributed by atoms with Crippen LogP contribution in [0.3, 0.4) is 0 Å². The summed E-state index contributed by atoms with van der Waals surface area (Å²) in [5, 5.41) is 0. The van der Waals surface area contributed by atoms with Crippen molar-refractivity contribution < 1.29 is 4.79 Å². The summed E-state index contributed by atoms with van der Waals surface area (Å²) in [6, 6.07) is 10.8. The molecule has 1 aromatic rings. The third kappa shape index (κ3) is 3.59. The van der Waals surface area contributed by atoms with Gasteiger partial charge in [0.15, 0.2) is 0 Å². The lowest BCUT2D eigenvalue weighted by molar-refractivity contribution is -0.135. The van der Waals surface area contributed by atoms with Gasteiger partial charge in [-0.05, 0) is 37.2 Å². The van der Waals surface area contributed by atoms with Crippen LogP contribution in [0.4, 0.5) is 0 Å². The predicted molar refractivity (Wildman–Crippen MR) is 79.1 cm³/mol. The van der Waals surface area contributed by atoms with Gasteiger partial charge in [0.05, 0.1) is 0 Å².